The number of hydrogen-bond donors (Lipinski definition) is 4. The van der Waals surface area contributed by atoms with Crippen LogP contribution in [0.1, 0.15) is 30.8 Å². The fourth-order valence-corrected chi connectivity index (χ4v) is 1.52. The summed E-state index contributed by atoms with van der Waals surface area (Å²) < 4.78 is 0. The molecule has 0 saturated carbocycles. The minimum absolute atomic E-state index is 0.0691. The molecule has 1 rings (SSSR count). The number of carboxylic acids is 1. The third-order valence-corrected chi connectivity index (χ3v) is 2.32. The highest BCUT2D eigenvalue weighted by atomic mass is 16.4. The van der Waals surface area contributed by atoms with Gasteiger partial charge in [0.25, 0.3) is 11.5 Å². The van der Waals surface area contributed by atoms with Crippen molar-refractivity contribution in [3.05, 3.63) is 32.6 Å². The Morgan fingerprint density at radius 2 is 1.95 bits per heavy atom. The van der Waals surface area contributed by atoms with Crippen LogP contribution in [0.2, 0.25) is 0 Å². The van der Waals surface area contributed by atoms with Crippen LogP contribution in [-0.4, -0.2) is 33.0 Å². The number of aliphatic carboxylic acids is 1. The maximum absolute atomic E-state index is 11.7. The summed E-state index contributed by atoms with van der Waals surface area (Å²) in [5.74, 6) is -1.91. The molecule has 0 unspecified atom stereocenters. The minimum atomic E-state index is -1.17. The van der Waals surface area contributed by atoms with E-state index in [9.17, 15) is 19.2 Å². The zero-order chi connectivity index (χ0) is 14.6. The summed E-state index contributed by atoms with van der Waals surface area (Å²) in [6, 6.07) is -0.180. The fraction of sp³-hybridized carbons (Fsp3) is 0.455. The molecule has 4 N–H and O–H groups in total. The Labute approximate surface area is 107 Å². The van der Waals surface area contributed by atoms with Gasteiger partial charge in [-0.25, -0.2) is 9.59 Å². The summed E-state index contributed by atoms with van der Waals surface area (Å²) in [4.78, 5) is 48.8. The lowest BCUT2D eigenvalue weighted by atomic mass is 10.0. The monoisotopic (exact) mass is 269 g/mol. The Balaban J connectivity index is 2.90. The molecule has 0 spiro atoms. The maximum Gasteiger partial charge on any atom is 0.326 e. The molecule has 104 valence electrons. The van der Waals surface area contributed by atoms with Crippen LogP contribution >= 0.6 is 0 Å². The van der Waals surface area contributed by atoms with Gasteiger partial charge in [0.05, 0.1) is 0 Å². The first-order chi connectivity index (χ1) is 8.79. The van der Waals surface area contributed by atoms with Crippen LogP contribution in [0.25, 0.3) is 0 Å². The molecule has 0 aliphatic carbocycles. The van der Waals surface area contributed by atoms with E-state index in [0.717, 1.165) is 6.07 Å². The molecule has 1 aromatic rings. The Bertz CT molecular complexity index is 558. The smallest absolute Gasteiger partial charge is 0.326 e. The van der Waals surface area contributed by atoms with Gasteiger partial charge in [-0.1, -0.05) is 13.8 Å². The molecular formula is C11H15N3O5. The third-order valence-electron chi connectivity index (χ3n) is 2.32. The van der Waals surface area contributed by atoms with Gasteiger partial charge in [-0.05, 0) is 12.3 Å². The van der Waals surface area contributed by atoms with E-state index in [2.05, 4.69) is 10.3 Å². The minimum Gasteiger partial charge on any atom is -0.480 e. The van der Waals surface area contributed by atoms with Gasteiger partial charge in [0, 0.05) is 6.07 Å². The Morgan fingerprint density at radius 3 is 2.42 bits per heavy atom. The van der Waals surface area contributed by atoms with Crippen LogP contribution in [0.4, 0.5) is 0 Å². The summed E-state index contributed by atoms with van der Waals surface area (Å²) >= 11 is 0. The van der Waals surface area contributed by atoms with E-state index in [4.69, 9.17) is 5.11 Å². The van der Waals surface area contributed by atoms with Crippen LogP contribution < -0.4 is 16.6 Å². The topological polar surface area (TPSA) is 132 Å². The molecule has 0 aliphatic heterocycles. The van der Waals surface area contributed by atoms with Crippen LogP contribution in [0.3, 0.4) is 0 Å². The Hall–Kier alpha value is -2.38. The number of carbonyl (C=O) groups excluding carboxylic acids is 1. The van der Waals surface area contributed by atoms with Gasteiger partial charge in [-0.15, -0.1) is 0 Å². The number of nitrogens with one attached hydrogen (secondary N) is 3. The van der Waals surface area contributed by atoms with E-state index in [0.29, 0.717) is 0 Å². The highest BCUT2D eigenvalue weighted by molar-refractivity contribution is 5.94. The SMILES string of the molecule is CC(C)C[C@H](NC(=O)c1cc(=O)[nH]c(=O)[nH]1)C(=O)O. The first kappa shape index (κ1) is 14.7. The average molecular weight is 269 g/mol. The molecule has 8 heteroatoms. The van der Waals surface area contributed by atoms with Gasteiger partial charge in [0.1, 0.15) is 11.7 Å². The first-order valence-electron chi connectivity index (χ1n) is 5.67. The summed E-state index contributed by atoms with van der Waals surface area (Å²) in [5, 5.41) is 11.2. The highest BCUT2D eigenvalue weighted by Crippen LogP contribution is 2.05. The standard InChI is InChI=1S/C11H15N3O5/c1-5(2)3-7(10(17)18)12-9(16)6-4-8(15)14-11(19)13-6/h4-5,7H,3H2,1-2H3,(H,12,16)(H,17,18)(H2,13,14,15,19)/t7-/m0/s1. The van der Waals surface area contributed by atoms with Gasteiger partial charge in [-0.2, -0.15) is 0 Å². The van der Waals surface area contributed by atoms with Crippen molar-refractivity contribution < 1.29 is 14.7 Å². The lowest BCUT2D eigenvalue weighted by Crippen LogP contribution is -2.43. The molecule has 0 radical (unpaired) electrons. The number of aromatic nitrogens is 2. The van der Waals surface area contributed by atoms with E-state index in [1.165, 1.54) is 0 Å². The zero-order valence-corrected chi connectivity index (χ0v) is 10.5. The van der Waals surface area contributed by atoms with Crippen LogP contribution in [-0.2, 0) is 4.79 Å². The summed E-state index contributed by atoms with van der Waals surface area (Å²) in [6.07, 6.45) is 0.245. The maximum atomic E-state index is 11.7. The lowest BCUT2D eigenvalue weighted by molar-refractivity contribution is -0.139. The van der Waals surface area contributed by atoms with Crippen molar-refractivity contribution in [1.29, 1.82) is 0 Å². The second kappa shape index (κ2) is 5.98. The van der Waals surface area contributed by atoms with E-state index in [1.807, 2.05) is 18.8 Å². The summed E-state index contributed by atoms with van der Waals surface area (Å²) in [5.41, 5.74) is -1.83. The molecule has 0 aliphatic rings. The second-order valence-electron chi connectivity index (χ2n) is 4.50. The van der Waals surface area contributed by atoms with Crippen molar-refractivity contribution in [3.8, 4) is 0 Å². The molecule has 1 aromatic heterocycles. The molecule has 1 heterocycles. The highest BCUT2D eigenvalue weighted by Gasteiger charge is 2.22. The predicted octanol–water partition coefficient (Wildman–Crippen LogP) is -0.708. The fourth-order valence-electron chi connectivity index (χ4n) is 1.52. The van der Waals surface area contributed by atoms with Gasteiger partial charge < -0.3 is 15.4 Å². The van der Waals surface area contributed by atoms with Crippen molar-refractivity contribution >= 4 is 11.9 Å². The molecule has 19 heavy (non-hydrogen) atoms. The molecule has 1 atom stereocenters. The number of carbonyl (C=O) groups is 2. The van der Waals surface area contributed by atoms with E-state index >= 15 is 0 Å². The largest absolute Gasteiger partial charge is 0.480 e. The van der Waals surface area contributed by atoms with Crippen molar-refractivity contribution in [1.82, 2.24) is 15.3 Å². The Kier molecular flexibility index (Phi) is 4.62. The van der Waals surface area contributed by atoms with E-state index in [1.54, 1.807) is 0 Å². The molecule has 0 aromatic carbocycles. The molecule has 0 fully saturated rings. The van der Waals surface area contributed by atoms with Gasteiger partial charge in [0.15, 0.2) is 0 Å². The Morgan fingerprint density at radius 1 is 1.32 bits per heavy atom. The van der Waals surface area contributed by atoms with E-state index in [-0.39, 0.29) is 18.0 Å². The quantitative estimate of drug-likeness (QED) is 0.560. The number of rotatable bonds is 5. The van der Waals surface area contributed by atoms with Gasteiger partial charge in [-0.3, -0.25) is 14.6 Å². The van der Waals surface area contributed by atoms with Crippen LogP contribution in [0.5, 0.6) is 0 Å². The van der Waals surface area contributed by atoms with Crippen molar-refractivity contribution in [2.45, 2.75) is 26.3 Å². The normalized spacial score (nSPS) is 12.2. The van der Waals surface area contributed by atoms with Crippen molar-refractivity contribution in [2.24, 2.45) is 5.92 Å². The summed E-state index contributed by atoms with van der Waals surface area (Å²) in [7, 11) is 0. The lowest BCUT2D eigenvalue weighted by Gasteiger charge is -2.16. The van der Waals surface area contributed by atoms with E-state index < -0.39 is 29.2 Å². The number of aromatic amines is 2. The van der Waals surface area contributed by atoms with Crippen molar-refractivity contribution in [3.63, 3.8) is 0 Å². The van der Waals surface area contributed by atoms with Gasteiger partial charge >= 0.3 is 11.7 Å². The zero-order valence-electron chi connectivity index (χ0n) is 10.5. The van der Waals surface area contributed by atoms with Crippen LogP contribution in [0, 0.1) is 5.92 Å². The molecule has 0 saturated heterocycles. The molecule has 1 amide bonds. The predicted molar refractivity (Wildman–Crippen MR) is 66.0 cm³/mol. The summed E-state index contributed by atoms with van der Waals surface area (Å²) in [6.45, 7) is 3.63. The average Bonchev–Trinajstić information content (AvgIpc) is 2.25. The number of amides is 1. The molecule has 0 bridgehead atoms. The molecular weight excluding hydrogens is 254 g/mol. The number of hydrogen-bond acceptors (Lipinski definition) is 4. The third kappa shape index (κ3) is 4.41. The second-order valence-corrected chi connectivity index (χ2v) is 4.50. The first-order valence-corrected chi connectivity index (χ1v) is 5.67. The van der Waals surface area contributed by atoms with Crippen molar-refractivity contribution in [2.75, 3.05) is 0 Å². The number of H-pyrrole nitrogens is 2. The van der Waals surface area contributed by atoms with Gasteiger partial charge in [0.2, 0.25) is 0 Å². The number of carboxylic acid groups (broad SMARTS) is 1. The molecule has 8 nitrogen and oxygen atoms in total. The van der Waals surface area contributed by atoms with Crippen LogP contribution in [0.15, 0.2) is 15.7 Å².